The second-order valence-electron chi connectivity index (χ2n) is 7.37. The number of nitrogens with one attached hydrogen (secondary N) is 2. The van der Waals surface area contributed by atoms with Crippen LogP contribution in [0, 0.1) is 11.7 Å². The molecule has 2 atom stereocenters. The molecule has 2 rings (SSSR count). The maximum atomic E-state index is 13.2. The predicted octanol–water partition coefficient (Wildman–Crippen LogP) is 1.66. The molecule has 1 aromatic rings. The number of hydrogen-bond donors (Lipinski definition) is 3. The third-order valence-electron chi connectivity index (χ3n) is 4.72. The van der Waals surface area contributed by atoms with Gasteiger partial charge in [-0.2, -0.15) is 0 Å². The number of hydrogen-bond acceptors (Lipinski definition) is 4. The van der Waals surface area contributed by atoms with Crippen molar-refractivity contribution >= 4 is 23.4 Å². The van der Waals surface area contributed by atoms with E-state index >= 15 is 0 Å². The van der Waals surface area contributed by atoms with Crippen LogP contribution < -0.4 is 16.4 Å². The van der Waals surface area contributed by atoms with Crippen LogP contribution in [0.5, 0.6) is 0 Å². The maximum absolute atomic E-state index is 13.2. The summed E-state index contributed by atoms with van der Waals surface area (Å²) in [5.41, 5.74) is 6.62. The maximum Gasteiger partial charge on any atom is 0.239 e. The lowest BCUT2D eigenvalue weighted by Crippen LogP contribution is -2.51. The number of piperidine rings is 1. The number of rotatable bonds is 7. The lowest BCUT2D eigenvalue weighted by atomic mass is 10.0. The van der Waals surface area contributed by atoms with E-state index < -0.39 is 6.04 Å². The van der Waals surface area contributed by atoms with Crippen molar-refractivity contribution in [2.45, 2.75) is 45.3 Å². The van der Waals surface area contributed by atoms with Crippen LogP contribution in [0.25, 0.3) is 0 Å². The average Bonchev–Trinajstić information content (AvgIpc) is 2.61. The summed E-state index contributed by atoms with van der Waals surface area (Å²) in [7, 11) is 0. The SMILES string of the molecule is CC(C)[C@H](N)C(=O)NCC(=O)NC1CCCN(Cc2ccc(F)cc2Cl)C1. The van der Waals surface area contributed by atoms with Crippen molar-refractivity contribution in [2.75, 3.05) is 19.6 Å². The Balaban J connectivity index is 1.80. The van der Waals surface area contributed by atoms with E-state index in [1.54, 1.807) is 6.07 Å². The molecule has 0 aliphatic carbocycles. The fourth-order valence-corrected chi connectivity index (χ4v) is 3.30. The Kier molecular flexibility index (Phi) is 8.01. The first-order valence-electron chi connectivity index (χ1n) is 9.25. The number of carbonyl (C=O) groups is 2. The summed E-state index contributed by atoms with van der Waals surface area (Å²) >= 11 is 6.10. The lowest BCUT2D eigenvalue weighted by Gasteiger charge is -2.33. The van der Waals surface area contributed by atoms with E-state index in [2.05, 4.69) is 15.5 Å². The fraction of sp³-hybridized carbons (Fsp3) is 0.579. The van der Waals surface area contributed by atoms with Gasteiger partial charge in [0.25, 0.3) is 0 Å². The lowest BCUT2D eigenvalue weighted by molar-refractivity contribution is -0.127. The molecule has 8 heteroatoms. The minimum Gasteiger partial charge on any atom is -0.351 e. The summed E-state index contributed by atoms with van der Waals surface area (Å²) in [4.78, 5) is 26.1. The summed E-state index contributed by atoms with van der Waals surface area (Å²) in [5.74, 6) is -0.896. The zero-order valence-electron chi connectivity index (χ0n) is 15.8. The van der Waals surface area contributed by atoms with Crippen LogP contribution in [0.4, 0.5) is 4.39 Å². The molecule has 1 aliphatic heterocycles. The van der Waals surface area contributed by atoms with Crippen molar-refractivity contribution in [1.29, 1.82) is 0 Å². The molecule has 0 radical (unpaired) electrons. The predicted molar refractivity (Wildman–Crippen MR) is 104 cm³/mol. The van der Waals surface area contributed by atoms with Gasteiger partial charge >= 0.3 is 0 Å². The second-order valence-corrected chi connectivity index (χ2v) is 7.77. The normalized spacial score (nSPS) is 19.0. The van der Waals surface area contributed by atoms with Gasteiger partial charge in [-0.1, -0.05) is 31.5 Å². The Morgan fingerprint density at radius 1 is 1.41 bits per heavy atom. The van der Waals surface area contributed by atoms with Crippen LogP contribution in [0.1, 0.15) is 32.3 Å². The van der Waals surface area contributed by atoms with Crippen LogP contribution in [0.3, 0.4) is 0 Å². The molecule has 2 amide bonds. The third-order valence-corrected chi connectivity index (χ3v) is 5.08. The monoisotopic (exact) mass is 398 g/mol. The first-order chi connectivity index (χ1) is 12.8. The third kappa shape index (κ3) is 6.75. The highest BCUT2D eigenvalue weighted by molar-refractivity contribution is 6.31. The minimum atomic E-state index is -0.622. The van der Waals surface area contributed by atoms with E-state index in [1.807, 2.05) is 13.8 Å². The van der Waals surface area contributed by atoms with E-state index in [4.69, 9.17) is 17.3 Å². The number of amides is 2. The molecule has 4 N–H and O–H groups in total. The fourth-order valence-electron chi connectivity index (χ4n) is 3.07. The Morgan fingerprint density at radius 2 is 2.15 bits per heavy atom. The Bertz CT molecular complexity index is 671. The molecule has 0 bridgehead atoms. The van der Waals surface area contributed by atoms with Crippen LogP contribution in [0.2, 0.25) is 5.02 Å². The average molecular weight is 399 g/mol. The van der Waals surface area contributed by atoms with Gasteiger partial charge in [-0.15, -0.1) is 0 Å². The van der Waals surface area contributed by atoms with Crippen molar-refractivity contribution in [3.05, 3.63) is 34.6 Å². The van der Waals surface area contributed by atoms with Gasteiger partial charge in [0, 0.05) is 24.2 Å². The van der Waals surface area contributed by atoms with Crippen LogP contribution in [0.15, 0.2) is 18.2 Å². The van der Waals surface area contributed by atoms with Gasteiger partial charge in [0.2, 0.25) is 11.8 Å². The minimum absolute atomic E-state index is 0.00106. The van der Waals surface area contributed by atoms with Crippen molar-refractivity contribution in [2.24, 2.45) is 11.7 Å². The first kappa shape index (κ1) is 21.6. The van der Waals surface area contributed by atoms with Crippen LogP contribution >= 0.6 is 11.6 Å². The highest BCUT2D eigenvalue weighted by Crippen LogP contribution is 2.21. The molecule has 0 aromatic heterocycles. The van der Waals surface area contributed by atoms with E-state index in [0.29, 0.717) is 18.1 Å². The molecule has 1 saturated heterocycles. The van der Waals surface area contributed by atoms with E-state index in [1.165, 1.54) is 12.1 Å². The molecule has 1 unspecified atom stereocenters. The molecule has 0 spiro atoms. The standard InChI is InChI=1S/C19H28ClFN4O2/c1-12(2)18(22)19(27)23-9-17(26)24-15-4-3-7-25(11-15)10-13-5-6-14(21)8-16(13)20/h5-6,8,12,15,18H,3-4,7,9-11,22H2,1-2H3,(H,23,27)(H,24,26)/t15?,18-/m0/s1. The largest absolute Gasteiger partial charge is 0.351 e. The number of benzene rings is 1. The van der Waals surface area contributed by atoms with Gasteiger partial charge < -0.3 is 16.4 Å². The van der Waals surface area contributed by atoms with Crippen LogP contribution in [-0.4, -0.2) is 48.4 Å². The molecular formula is C19H28ClFN4O2. The van der Waals surface area contributed by atoms with Gasteiger partial charge in [0.1, 0.15) is 5.82 Å². The van der Waals surface area contributed by atoms with E-state index in [0.717, 1.165) is 24.9 Å². The van der Waals surface area contributed by atoms with Crippen molar-refractivity contribution < 1.29 is 14.0 Å². The van der Waals surface area contributed by atoms with Crippen molar-refractivity contribution in [3.8, 4) is 0 Å². The van der Waals surface area contributed by atoms with Crippen molar-refractivity contribution in [3.63, 3.8) is 0 Å². The number of likely N-dealkylation sites (tertiary alicyclic amines) is 1. The van der Waals surface area contributed by atoms with E-state index in [9.17, 15) is 14.0 Å². The smallest absolute Gasteiger partial charge is 0.239 e. The number of nitrogens with zero attached hydrogens (tertiary/aromatic N) is 1. The molecule has 0 saturated carbocycles. The number of halogens is 2. The van der Waals surface area contributed by atoms with Gasteiger partial charge in [-0.3, -0.25) is 14.5 Å². The summed E-state index contributed by atoms with van der Waals surface area (Å²) in [6.45, 7) is 5.80. The molecule has 1 heterocycles. The van der Waals surface area contributed by atoms with Gasteiger partial charge in [0.05, 0.1) is 12.6 Å². The zero-order chi connectivity index (χ0) is 20.0. The number of nitrogens with two attached hydrogens (primary N) is 1. The Hall–Kier alpha value is -1.70. The number of carbonyl (C=O) groups excluding carboxylic acids is 2. The summed E-state index contributed by atoms with van der Waals surface area (Å²) < 4.78 is 13.2. The topological polar surface area (TPSA) is 87.5 Å². The molecule has 27 heavy (non-hydrogen) atoms. The summed E-state index contributed by atoms with van der Waals surface area (Å²) in [6, 6.07) is 3.78. The molecule has 1 aliphatic rings. The Labute approximate surface area is 164 Å². The molecule has 150 valence electrons. The van der Waals surface area contributed by atoms with E-state index in [-0.39, 0.29) is 36.1 Å². The first-order valence-corrected chi connectivity index (χ1v) is 9.63. The quantitative estimate of drug-likeness (QED) is 0.651. The highest BCUT2D eigenvalue weighted by Gasteiger charge is 2.23. The van der Waals surface area contributed by atoms with Gasteiger partial charge in [-0.05, 0) is 43.0 Å². The van der Waals surface area contributed by atoms with Crippen LogP contribution in [-0.2, 0) is 16.1 Å². The van der Waals surface area contributed by atoms with Gasteiger partial charge in [0.15, 0.2) is 0 Å². The molecule has 6 nitrogen and oxygen atoms in total. The molecule has 1 aromatic carbocycles. The van der Waals surface area contributed by atoms with Gasteiger partial charge in [-0.25, -0.2) is 4.39 Å². The molecular weight excluding hydrogens is 371 g/mol. The zero-order valence-corrected chi connectivity index (χ0v) is 16.6. The van der Waals surface area contributed by atoms with Crippen molar-refractivity contribution in [1.82, 2.24) is 15.5 Å². The second kappa shape index (κ2) is 10.0. The Morgan fingerprint density at radius 3 is 2.81 bits per heavy atom. The highest BCUT2D eigenvalue weighted by atomic mass is 35.5. The summed E-state index contributed by atoms with van der Waals surface area (Å²) in [6.07, 6.45) is 1.81. The molecule has 1 fully saturated rings. The summed E-state index contributed by atoms with van der Waals surface area (Å²) in [5, 5.41) is 5.93.